The Labute approximate surface area is 176 Å². The average Bonchev–Trinajstić information content (AvgIpc) is 3.33. The molecule has 4 heterocycles. The van der Waals surface area contributed by atoms with E-state index in [9.17, 15) is 4.79 Å². The lowest BCUT2D eigenvalue weighted by molar-refractivity contribution is -0.120. The van der Waals surface area contributed by atoms with Gasteiger partial charge in [-0.2, -0.15) is 5.10 Å². The molecule has 1 fully saturated rings. The van der Waals surface area contributed by atoms with Crippen molar-refractivity contribution >= 4 is 5.91 Å². The monoisotopic (exact) mass is 418 g/mol. The number of aromatic nitrogens is 5. The van der Waals surface area contributed by atoms with Crippen LogP contribution in [0.3, 0.4) is 0 Å². The molecule has 4 rings (SSSR count). The molecule has 2 aliphatic rings. The number of piperidine rings is 1. The van der Waals surface area contributed by atoms with E-state index >= 15 is 0 Å². The van der Waals surface area contributed by atoms with E-state index in [1.54, 1.807) is 24.0 Å². The van der Waals surface area contributed by atoms with Crippen LogP contribution in [-0.4, -0.2) is 73.6 Å². The maximum atomic E-state index is 12.7. The molecule has 1 spiro atoms. The van der Waals surface area contributed by atoms with Crippen LogP contribution in [0.4, 0.5) is 0 Å². The summed E-state index contributed by atoms with van der Waals surface area (Å²) in [6.45, 7) is 7.91. The first-order chi connectivity index (χ1) is 14.5. The van der Waals surface area contributed by atoms with Crippen molar-refractivity contribution in [1.82, 2.24) is 29.7 Å². The first-order valence-electron chi connectivity index (χ1n) is 10.5. The van der Waals surface area contributed by atoms with E-state index in [2.05, 4.69) is 15.4 Å². The lowest BCUT2D eigenvalue weighted by Crippen LogP contribution is -2.52. The van der Waals surface area contributed by atoms with E-state index in [0.717, 1.165) is 24.2 Å². The predicted octanol–water partition coefficient (Wildman–Crippen LogP) is 1.16. The molecule has 0 unspecified atom stereocenters. The van der Waals surface area contributed by atoms with Gasteiger partial charge in [-0.1, -0.05) is 5.21 Å². The summed E-state index contributed by atoms with van der Waals surface area (Å²) in [6.07, 6.45) is 3.39. The number of carbonyl (C=O) groups is 1. The summed E-state index contributed by atoms with van der Waals surface area (Å²) >= 11 is 0. The number of likely N-dealkylation sites (tertiary alicyclic amines) is 1. The lowest BCUT2D eigenvalue weighted by atomic mass is 9.89. The van der Waals surface area contributed by atoms with Crippen molar-refractivity contribution in [3.63, 3.8) is 0 Å². The van der Waals surface area contributed by atoms with E-state index in [-0.39, 0.29) is 17.6 Å². The lowest BCUT2D eigenvalue weighted by Gasteiger charge is -2.43. The standard InChI is InChI=1S/C20H30N6O4/c1-15(2)29-11-10-28-12-16-18-13-30-20(14-26(18)23-22-16)5-8-25(9-6-20)19(27)17-4-7-21-24(17)3/h4,7,15H,5-6,8-14H2,1-3H3. The number of fused-ring (bicyclic) bond motifs is 1. The molecule has 0 aromatic carbocycles. The summed E-state index contributed by atoms with van der Waals surface area (Å²) in [5.41, 5.74) is 2.10. The average molecular weight is 418 g/mol. The highest BCUT2D eigenvalue weighted by Gasteiger charge is 2.41. The fourth-order valence-corrected chi connectivity index (χ4v) is 3.98. The molecule has 2 aliphatic heterocycles. The molecule has 30 heavy (non-hydrogen) atoms. The number of rotatable bonds is 7. The highest BCUT2D eigenvalue weighted by molar-refractivity contribution is 5.92. The second-order valence-electron chi connectivity index (χ2n) is 8.22. The molecule has 1 saturated heterocycles. The number of aryl methyl sites for hydroxylation is 1. The minimum Gasteiger partial charge on any atom is -0.376 e. The Hall–Kier alpha value is -2.30. The van der Waals surface area contributed by atoms with Gasteiger partial charge in [0.2, 0.25) is 0 Å². The van der Waals surface area contributed by atoms with Crippen molar-refractivity contribution in [2.75, 3.05) is 26.3 Å². The van der Waals surface area contributed by atoms with Crippen molar-refractivity contribution < 1.29 is 19.0 Å². The SMILES string of the molecule is CC(C)OCCOCc1nnn2c1COC1(CCN(C(=O)c3ccnn3C)CC1)C2. The number of carbonyl (C=O) groups excluding carboxylic acids is 1. The highest BCUT2D eigenvalue weighted by Crippen LogP contribution is 2.34. The molecule has 0 atom stereocenters. The molecule has 1 amide bonds. The maximum absolute atomic E-state index is 12.7. The van der Waals surface area contributed by atoms with Crippen molar-refractivity contribution in [3.05, 3.63) is 29.3 Å². The quantitative estimate of drug-likeness (QED) is 0.623. The van der Waals surface area contributed by atoms with Gasteiger partial charge in [-0.05, 0) is 32.8 Å². The fourth-order valence-electron chi connectivity index (χ4n) is 3.98. The maximum Gasteiger partial charge on any atom is 0.272 e. The Morgan fingerprint density at radius 3 is 2.80 bits per heavy atom. The third-order valence-electron chi connectivity index (χ3n) is 5.79. The van der Waals surface area contributed by atoms with Crippen LogP contribution in [0, 0.1) is 0 Å². The number of nitrogens with zero attached hydrogens (tertiary/aromatic N) is 6. The third-order valence-corrected chi connectivity index (χ3v) is 5.79. The summed E-state index contributed by atoms with van der Waals surface area (Å²) in [5.74, 6) is 0.0167. The molecule has 10 heteroatoms. The Kier molecular flexibility index (Phi) is 6.16. The fraction of sp³-hybridized carbons (Fsp3) is 0.700. The van der Waals surface area contributed by atoms with Gasteiger partial charge in [0.1, 0.15) is 11.4 Å². The molecule has 0 N–H and O–H groups in total. The minimum atomic E-state index is -0.298. The van der Waals surface area contributed by atoms with Gasteiger partial charge in [-0.25, -0.2) is 4.68 Å². The number of amides is 1. The van der Waals surface area contributed by atoms with Crippen LogP contribution in [0.2, 0.25) is 0 Å². The zero-order valence-corrected chi connectivity index (χ0v) is 17.9. The van der Waals surface area contributed by atoms with Crippen molar-refractivity contribution in [3.8, 4) is 0 Å². The van der Waals surface area contributed by atoms with Crippen LogP contribution < -0.4 is 0 Å². The second kappa shape index (κ2) is 8.83. The molecule has 0 bridgehead atoms. The van der Waals surface area contributed by atoms with Gasteiger partial charge < -0.3 is 19.1 Å². The smallest absolute Gasteiger partial charge is 0.272 e. The molecule has 164 valence electrons. The normalized spacial score (nSPS) is 18.2. The topological polar surface area (TPSA) is 96.5 Å². The van der Waals surface area contributed by atoms with E-state index in [4.69, 9.17) is 14.2 Å². The van der Waals surface area contributed by atoms with E-state index in [1.807, 2.05) is 23.4 Å². The zero-order valence-electron chi connectivity index (χ0n) is 17.9. The number of hydrogen-bond acceptors (Lipinski definition) is 7. The summed E-state index contributed by atoms with van der Waals surface area (Å²) < 4.78 is 21.0. The molecule has 0 radical (unpaired) electrons. The molecular weight excluding hydrogens is 388 g/mol. The van der Waals surface area contributed by atoms with Gasteiger partial charge in [0.25, 0.3) is 5.91 Å². The van der Waals surface area contributed by atoms with Gasteiger partial charge in [0.05, 0.1) is 50.4 Å². The van der Waals surface area contributed by atoms with E-state index in [1.165, 1.54) is 0 Å². The van der Waals surface area contributed by atoms with Gasteiger partial charge in [0.15, 0.2) is 0 Å². The Bertz CT molecular complexity index is 869. The Balaban J connectivity index is 1.30. The highest BCUT2D eigenvalue weighted by atomic mass is 16.5. The van der Waals surface area contributed by atoms with Crippen molar-refractivity contribution in [2.45, 2.75) is 58.2 Å². The Morgan fingerprint density at radius 2 is 2.10 bits per heavy atom. The van der Waals surface area contributed by atoms with Crippen LogP contribution in [0.1, 0.15) is 48.6 Å². The molecule has 10 nitrogen and oxygen atoms in total. The summed E-state index contributed by atoms with van der Waals surface area (Å²) in [5, 5.41) is 12.7. The molecule has 0 saturated carbocycles. The largest absolute Gasteiger partial charge is 0.376 e. The summed E-state index contributed by atoms with van der Waals surface area (Å²) in [4.78, 5) is 14.6. The van der Waals surface area contributed by atoms with Gasteiger partial charge in [0, 0.05) is 26.3 Å². The molecule has 0 aliphatic carbocycles. The van der Waals surface area contributed by atoms with Gasteiger partial charge in [-0.15, -0.1) is 5.10 Å². The van der Waals surface area contributed by atoms with E-state index in [0.29, 0.717) is 51.8 Å². The predicted molar refractivity (Wildman–Crippen MR) is 107 cm³/mol. The van der Waals surface area contributed by atoms with E-state index < -0.39 is 0 Å². The number of hydrogen-bond donors (Lipinski definition) is 0. The van der Waals surface area contributed by atoms with Gasteiger partial charge in [-0.3, -0.25) is 9.48 Å². The third kappa shape index (κ3) is 4.40. The first-order valence-corrected chi connectivity index (χ1v) is 10.5. The summed E-state index contributed by atoms with van der Waals surface area (Å²) in [7, 11) is 1.79. The van der Waals surface area contributed by atoms with Crippen LogP contribution >= 0.6 is 0 Å². The van der Waals surface area contributed by atoms with Crippen LogP contribution in [0.15, 0.2) is 12.3 Å². The molecule has 2 aromatic rings. The zero-order chi connectivity index (χ0) is 21.1. The molecule has 2 aromatic heterocycles. The second-order valence-corrected chi connectivity index (χ2v) is 8.22. The van der Waals surface area contributed by atoms with Crippen LogP contribution in [0.25, 0.3) is 0 Å². The van der Waals surface area contributed by atoms with Crippen molar-refractivity contribution in [1.29, 1.82) is 0 Å². The van der Waals surface area contributed by atoms with Crippen LogP contribution in [-0.2, 0) is 41.0 Å². The minimum absolute atomic E-state index is 0.0167. The Morgan fingerprint density at radius 1 is 1.30 bits per heavy atom. The van der Waals surface area contributed by atoms with Gasteiger partial charge >= 0.3 is 0 Å². The first kappa shape index (κ1) is 21.0. The van der Waals surface area contributed by atoms with Crippen LogP contribution in [0.5, 0.6) is 0 Å². The number of ether oxygens (including phenoxy) is 3. The molecular formula is C20H30N6O4. The van der Waals surface area contributed by atoms with Crippen molar-refractivity contribution in [2.24, 2.45) is 7.05 Å². The summed E-state index contributed by atoms with van der Waals surface area (Å²) in [6, 6.07) is 1.75.